The third-order valence-corrected chi connectivity index (χ3v) is 2.78. The van der Waals surface area contributed by atoms with E-state index in [1.807, 2.05) is 33.8 Å². The van der Waals surface area contributed by atoms with Gasteiger partial charge in [0.1, 0.15) is 5.82 Å². The van der Waals surface area contributed by atoms with E-state index < -0.39 is 5.41 Å². The van der Waals surface area contributed by atoms with E-state index in [9.17, 15) is 9.50 Å². The van der Waals surface area contributed by atoms with E-state index >= 15 is 0 Å². The molecule has 0 radical (unpaired) electrons. The van der Waals surface area contributed by atoms with Gasteiger partial charge in [0.15, 0.2) is 0 Å². The monoisotopic (exact) mass is 210 g/mol. The van der Waals surface area contributed by atoms with Crippen molar-refractivity contribution in [3.63, 3.8) is 0 Å². The summed E-state index contributed by atoms with van der Waals surface area (Å²) in [5.41, 5.74) is 1.05. The Hall–Kier alpha value is -0.890. The van der Waals surface area contributed by atoms with Gasteiger partial charge in [0, 0.05) is 5.41 Å². The number of aliphatic hydroxyl groups is 1. The molecule has 1 N–H and O–H groups in total. The van der Waals surface area contributed by atoms with Crippen LogP contribution in [-0.4, -0.2) is 11.7 Å². The van der Waals surface area contributed by atoms with Crippen molar-refractivity contribution >= 4 is 0 Å². The van der Waals surface area contributed by atoms with E-state index in [4.69, 9.17) is 0 Å². The van der Waals surface area contributed by atoms with Crippen molar-refractivity contribution in [2.24, 2.45) is 0 Å². The van der Waals surface area contributed by atoms with Crippen molar-refractivity contribution in [3.05, 3.63) is 35.1 Å². The molecule has 0 heterocycles. The van der Waals surface area contributed by atoms with Crippen molar-refractivity contribution < 1.29 is 9.50 Å². The summed E-state index contributed by atoms with van der Waals surface area (Å²) >= 11 is 0. The van der Waals surface area contributed by atoms with Crippen LogP contribution in [0, 0.1) is 5.82 Å². The summed E-state index contributed by atoms with van der Waals surface area (Å²) in [5.74, 6) is 0.103. The maximum atomic E-state index is 13.8. The Kier molecular flexibility index (Phi) is 3.50. The molecule has 0 aliphatic rings. The highest BCUT2D eigenvalue weighted by Crippen LogP contribution is 2.27. The topological polar surface area (TPSA) is 20.2 Å². The SMILES string of the molecule is CC(C)c1ccc(C(C)(C)CO)c(F)c1. The van der Waals surface area contributed by atoms with E-state index in [0.717, 1.165) is 5.56 Å². The number of aliphatic hydroxyl groups excluding tert-OH is 1. The lowest BCUT2D eigenvalue weighted by atomic mass is 9.84. The first-order valence-electron chi connectivity index (χ1n) is 5.29. The van der Waals surface area contributed by atoms with E-state index in [1.165, 1.54) is 0 Å². The number of benzene rings is 1. The van der Waals surface area contributed by atoms with Crippen molar-refractivity contribution in [1.82, 2.24) is 0 Å². The lowest BCUT2D eigenvalue weighted by Gasteiger charge is -2.23. The highest BCUT2D eigenvalue weighted by Gasteiger charge is 2.23. The van der Waals surface area contributed by atoms with Crippen LogP contribution in [0.5, 0.6) is 0 Å². The van der Waals surface area contributed by atoms with E-state index in [2.05, 4.69) is 0 Å². The second kappa shape index (κ2) is 4.31. The first kappa shape index (κ1) is 12.2. The van der Waals surface area contributed by atoms with Gasteiger partial charge in [-0.3, -0.25) is 0 Å². The predicted molar refractivity (Wildman–Crippen MR) is 60.6 cm³/mol. The second-order valence-electron chi connectivity index (χ2n) is 4.94. The van der Waals surface area contributed by atoms with Gasteiger partial charge >= 0.3 is 0 Å². The fourth-order valence-corrected chi connectivity index (χ4v) is 1.52. The van der Waals surface area contributed by atoms with Gasteiger partial charge in [0.25, 0.3) is 0 Å². The molecule has 0 spiro atoms. The number of hydrogen-bond donors (Lipinski definition) is 1. The minimum absolute atomic E-state index is 0.0506. The lowest BCUT2D eigenvalue weighted by molar-refractivity contribution is 0.215. The predicted octanol–water partition coefficient (Wildman–Crippen LogP) is 3.22. The average Bonchev–Trinajstić information content (AvgIpc) is 2.17. The van der Waals surface area contributed by atoms with Crippen LogP contribution in [0.4, 0.5) is 4.39 Å². The van der Waals surface area contributed by atoms with Crippen LogP contribution in [0.15, 0.2) is 18.2 Å². The van der Waals surface area contributed by atoms with Crippen LogP contribution in [0.1, 0.15) is 44.7 Å². The minimum Gasteiger partial charge on any atom is -0.395 e. The standard InChI is InChI=1S/C13H19FO/c1-9(2)10-5-6-11(12(14)7-10)13(3,4)8-15/h5-7,9,15H,8H2,1-4H3. The molecule has 0 fully saturated rings. The fraction of sp³-hybridized carbons (Fsp3) is 0.538. The van der Waals surface area contributed by atoms with Gasteiger partial charge in [-0.15, -0.1) is 0 Å². The van der Waals surface area contributed by atoms with Crippen LogP contribution in [-0.2, 0) is 5.41 Å². The molecule has 0 aliphatic heterocycles. The third-order valence-electron chi connectivity index (χ3n) is 2.78. The van der Waals surface area contributed by atoms with Gasteiger partial charge in [-0.2, -0.15) is 0 Å². The van der Waals surface area contributed by atoms with Crippen LogP contribution >= 0.6 is 0 Å². The van der Waals surface area contributed by atoms with Crippen LogP contribution in [0.25, 0.3) is 0 Å². The Labute approximate surface area is 90.9 Å². The van der Waals surface area contributed by atoms with Crippen LogP contribution < -0.4 is 0 Å². The van der Waals surface area contributed by atoms with E-state index in [1.54, 1.807) is 12.1 Å². The Morgan fingerprint density at radius 1 is 1.33 bits per heavy atom. The second-order valence-corrected chi connectivity index (χ2v) is 4.94. The zero-order valence-electron chi connectivity index (χ0n) is 9.84. The molecule has 0 amide bonds. The first-order valence-corrected chi connectivity index (χ1v) is 5.29. The zero-order chi connectivity index (χ0) is 11.6. The number of halogens is 1. The summed E-state index contributed by atoms with van der Waals surface area (Å²) in [7, 11) is 0. The summed E-state index contributed by atoms with van der Waals surface area (Å²) in [6, 6.07) is 5.28. The molecule has 0 saturated heterocycles. The molecule has 0 aliphatic carbocycles. The quantitative estimate of drug-likeness (QED) is 0.812. The summed E-state index contributed by atoms with van der Waals surface area (Å²) in [6.45, 7) is 7.68. The average molecular weight is 210 g/mol. The van der Waals surface area contributed by atoms with Crippen molar-refractivity contribution in [2.45, 2.75) is 39.0 Å². The highest BCUT2D eigenvalue weighted by molar-refractivity contribution is 5.31. The number of hydrogen-bond acceptors (Lipinski definition) is 1. The molecule has 1 aromatic carbocycles. The van der Waals surface area contributed by atoms with Crippen molar-refractivity contribution in [1.29, 1.82) is 0 Å². The van der Waals surface area contributed by atoms with E-state index in [-0.39, 0.29) is 12.4 Å². The summed E-state index contributed by atoms with van der Waals surface area (Å²) in [6.07, 6.45) is 0. The van der Waals surface area contributed by atoms with Gasteiger partial charge in [-0.1, -0.05) is 39.8 Å². The van der Waals surface area contributed by atoms with Gasteiger partial charge in [0.2, 0.25) is 0 Å². The molecule has 15 heavy (non-hydrogen) atoms. The summed E-state index contributed by atoms with van der Waals surface area (Å²) < 4.78 is 13.8. The molecule has 0 atom stereocenters. The van der Waals surface area contributed by atoms with Gasteiger partial charge in [-0.05, 0) is 23.1 Å². The zero-order valence-corrected chi connectivity index (χ0v) is 9.84. The molecule has 0 bridgehead atoms. The molecule has 2 heteroatoms. The molecule has 0 aromatic heterocycles. The maximum Gasteiger partial charge on any atom is 0.127 e. The summed E-state index contributed by atoms with van der Waals surface area (Å²) in [5, 5.41) is 9.18. The van der Waals surface area contributed by atoms with Crippen molar-refractivity contribution in [3.8, 4) is 0 Å². The minimum atomic E-state index is -0.514. The number of rotatable bonds is 3. The maximum absolute atomic E-state index is 13.8. The van der Waals surface area contributed by atoms with Crippen LogP contribution in [0.3, 0.4) is 0 Å². The molecule has 0 unspecified atom stereocenters. The summed E-state index contributed by atoms with van der Waals surface area (Å²) in [4.78, 5) is 0. The first-order chi connectivity index (χ1) is 6.88. The lowest BCUT2D eigenvalue weighted by Crippen LogP contribution is -2.23. The Bertz CT molecular complexity index is 342. The molecule has 84 valence electrons. The Balaban J connectivity index is 3.14. The molecule has 1 aromatic rings. The van der Waals surface area contributed by atoms with Gasteiger partial charge in [0.05, 0.1) is 6.61 Å². The van der Waals surface area contributed by atoms with Gasteiger partial charge < -0.3 is 5.11 Å². The Morgan fingerprint density at radius 2 is 1.93 bits per heavy atom. The third kappa shape index (κ3) is 2.57. The highest BCUT2D eigenvalue weighted by atomic mass is 19.1. The fourth-order valence-electron chi connectivity index (χ4n) is 1.52. The van der Waals surface area contributed by atoms with Crippen LogP contribution in [0.2, 0.25) is 0 Å². The van der Waals surface area contributed by atoms with Crippen molar-refractivity contribution in [2.75, 3.05) is 6.61 Å². The molecular weight excluding hydrogens is 191 g/mol. The normalized spacial score (nSPS) is 12.2. The molecule has 1 rings (SSSR count). The molecular formula is C13H19FO. The molecule has 1 nitrogen and oxygen atoms in total. The molecule has 0 saturated carbocycles. The smallest absolute Gasteiger partial charge is 0.127 e. The van der Waals surface area contributed by atoms with E-state index in [0.29, 0.717) is 11.5 Å². The van der Waals surface area contributed by atoms with Gasteiger partial charge in [-0.25, -0.2) is 4.39 Å². The largest absolute Gasteiger partial charge is 0.395 e. The Morgan fingerprint density at radius 3 is 2.33 bits per heavy atom.